The van der Waals surface area contributed by atoms with Gasteiger partial charge in [-0.3, -0.25) is 4.52 Å². The summed E-state index contributed by atoms with van der Waals surface area (Å²) < 4.78 is 6.36. The van der Waals surface area contributed by atoms with Crippen LogP contribution in [0.5, 0.6) is 0 Å². The molecule has 8 heteroatoms. The van der Waals surface area contributed by atoms with Gasteiger partial charge in [-0.05, 0) is 31.4 Å². The molecule has 0 radical (unpaired) electrons. The second-order valence-electron chi connectivity index (χ2n) is 5.31. The van der Waals surface area contributed by atoms with Crippen molar-refractivity contribution in [3.63, 3.8) is 0 Å². The summed E-state index contributed by atoms with van der Waals surface area (Å²) in [5.41, 5.74) is 9.86. The van der Waals surface area contributed by atoms with E-state index >= 15 is 0 Å². The number of nitrogens with zero attached hydrogens (tertiary/aromatic N) is 4. The van der Waals surface area contributed by atoms with Crippen LogP contribution in [-0.4, -0.2) is 16.2 Å². The fourth-order valence-electron chi connectivity index (χ4n) is 2.71. The fraction of sp³-hybridized carbons (Fsp3) is 0.333. The highest BCUT2D eigenvalue weighted by atomic mass is 32.1. The Morgan fingerprint density at radius 2 is 2.22 bits per heavy atom. The number of rotatable bonds is 3. The van der Waals surface area contributed by atoms with Crippen molar-refractivity contribution in [1.82, 2.24) is 10.3 Å². The lowest BCUT2D eigenvalue weighted by Gasteiger charge is -2.09. The first-order valence-corrected chi connectivity index (χ1v) is 8.00. The number of anilines is 1. The highest BCUT2D eigenvalue weighted by Gasteiger charge is 2.17. The van der Waals surface area contributed by atoms with Gasteiger partial charge < -0.3 is 10.8 Å². The molecule has 0 aliphatic heterocycles. The number of hydrogen-bond donors (Lipinski definition) is 1. The summed E-state index contributed by atoms with van der Waals surface area (Å²) in [6, 6.07) is 0. The molecule has 3 aromatic heterocycles. The minimum atomic E-state index is -0.447. The Bertz CT molecular complexity index is 926. The Balaban J connectivity index is 2.17. The first kappa shape index (κ1) is 15.4. The second kappa shape index (κ2) is 5.62. The zero-order valence-corrected chi connectivity index (χ0v) is 14.2. The molecule has 2 N–H and O–H groups in total. The predicted octanol–water partition coefficient (Wildman–Crippen LogP) is 1.31. The normalized spacial score (nSPS) is 12.3. The van der Waals surface area contributed by atoms with Crippen molar-refractivity contribution in [3.05, 3.63) is 27.9 Å². The Hall–Kier alpha value is -2.48. The van der Waals surface area contributed by atoms with Gasteiger partial charge >= 0.3 is 5.88 Å². The number of nitrogen functional groups attached to an aromatic ring is 1. The van der Waals surface area contributed by atoms with Crippen LogP contribution in [0.15, 0.2) is 15.7 Å². The van der Waals surface area contributed by atoms with E-state index in [0.29, 0.717) is 10.6 Å². The largest absolute Gasteiger partial charge is 0.857 e. The SMILES string of the molecule is CCc1c(C)nc2sc(/C([O-])=N/c3c[n+](C)no3)c(N)c2c1C. The van der Waals surface area contributed by atoms with Crippen molar-refractivity contribution in [2.75, 3.05) is 5.73 Å². The molecule has 3 heterocycles. The molecule has 0 aromatic carbocycles. The van der Waals surface area contributed by atoms with Gasteiger partial charge in [0, 0.05) is 17.0 Å². The topological polar surface area (TPSA) is 104 Å². The van der Waals surface area contributed by atoms with E-state index in [1.165, 1.54) is 27.8 Å². The van der Waals surface area contributed by atoms with Gasteiger partial charge in [-0.15, -0.1) is 11.3 Å². The van der Waals surface area contributed by atoms with Crippen LogP contribution >= 0.6 is 11.3 Å². The van der Waals surface area contributed by atoms with Gasteiger partial charge in [0.05, 0.1) is 10.6 Å². The van der Waals surface area contributed by atoms with Crippen LogP contribution < -0.4 is 15.5 Å². The smallest absolute Gasteiger partial charge is 0.320 e. The molecule has 0 saturated carbocycles. The number of pyridine rings is 1. The van der Waals surface area contributed by atoms with E-state index in [-0.39, 0.29) is 5.88 Å². The van der Waals surface area contributed by atoms with E-state index in [4.69, 9.17) is 10.3 Å². The maximum atomic E-state index is 12.4. The number of aromatic nitrogens is 3. The highest BCUT2D eigenvalue weighted by Crippen LogP contribution is 2.36. The molecular formula is C15H17N5O2S. The number of nitrogens with two attached hydrogens (primary N) is 1. The Morgan fingerprint density at radius 1 is 1.48 bits per heavy atom. The molecule has 23 heavy (non-hydrogen) atoms. The fourth-order valence-corrected chi connectivity index (χ4v) is 3.79. The molecule has 0 spiro atoms. The van der Waals surface area contributed by atoms with Crippen LogP contribution in [0.3, 0.4) is 0 Å². The second-order valence-corrected chi connectivity index (χ2v) is 6.31. The van der Waals surface area contributed by atoms with Crippen molar-refractivity contribution >= 4 is 39.0 Å². The lowest BCUT2D eigenvalue weighted by atomic mass is 10.0. The van der Waals surface area contributed by atoms with Gasteiger partial charge in [0.1, 0.15) is 4.83 Å². The molecule has 0 aliphatic carbocycles. The van der Waals surface area contributed by atoms with Crippen molar-refractivity contribution in [1.29, 1.82) is 0 Å². The van der Waals surface area contributed by atoms with Gasteiger partial charge in [0.2, 0.25) is 0 Å². The zero-order chi connectivity index (χ0) is 16.7. The van der Waals surface area contributed by atoms with Gasteiger partial charge in [-0.2, -0.15) is 0 Å². The summed E-state index contributed by atoms with van der Waals surface area (Å²) in [5, 5.41) is 16.9. The predicted molar refractivity (Wildman–Crippen MR) is 86.8 cm³/mol. The van der Waals surface area contributed by atoms with Crippen LogP contribution in [0.1, 0.15) is 28.6 Å². The summed E-state index contributed by atoms with van der Waals surface area (Å²) in [7, 11) is 1.68. The summed E-state index contributed by atoms with van der Waals surface area (Å²) in [5.74, 6) is -0.304. The molecule has 0 saturated heterocycles. The molecule has 0 unspecified atom stereocenters. The first-order chi connectivity index (χ1) is 10.9. The average Bonchev–Trinajstić information content (AvgIpc) is 3.03. The van der Waals surface area contributed by atoms with Gasteiger partial charge in [0.25, 0.3) is 6.20 Å². The van der Waals surface area contributed by atoms with Crippen LogP contribution in [0.4, 0.5) is 11.6 Å². The Kier molecular flexibility index (Phi) is 3.77. The Morgan fingerprint density at radius 3 is 2.83 bits per heavy atom. The van der Waals surface area contributed by atoms with Crippen molar-refractivity contribution in [3.8, 4) is 0 Å². The minimum Gasteiger partial charge on any atom is -0.857 e. The number of thiophene rings is 1. The van der Waals surface area contributed by atoms with E-state index in [1.807, 2.05) is 13.8 Å². The summed E-state index contributed by atoms with van der Waals surface area (Å²) in [6.07, 6.45) is 2.39. The van der Waals surface area contributed by atoms with Crippen LogP contribution in [0.2, 0.25) is 0 Å². The zero-order valence-electron chi connectivity index (χ0n) is 13.4. The van der Waals surface area contributed by atoms with E-state index in [9.17, 15) is 5.11 Å². The third-order valence-corrected chi connectivity index (χ3v) is 4.87. The number of fused-ring (bicyclic) bond motifs is 1. The van der Waals surface area contributed by atoms with Crippen molar-refractivity contribution in [2.24, 2.45) is 12.0 Å². The quantitative estimate of drug-likeness (QED) is 0.442. The van der Waals surface area contributed by atoms with Crippen LogP contribution in [0.25, 0.3) is 10.2 Å². The highest BCUT2D eigenvalue weighted by molar-refractivity contribution is 7.21. The molecule has 0 bridgehead atoms. The minimum absolute atomic E-state index is 0.143. The third-order valence-electron chi connectivity index (χ3n) is 3.78. The summed E-state index contributed by atoms with van der Waals surface area (Å²) >= 11 is 1.26. The van der Waals surface area contributed by atoms with Crippen LogP contribution in [0, 0.1) is 13.8 Å². The molecule has 3 aromatic rings. The monoisotopic (exact) mass is 331 g/mol. The van der Waals surface area contributed by atoms with E-state index in [1.54, 1.807) is 7.05 Å². The van der Waals surface area contributed by atoms with E-state index in [0.717, 1.165) is 27.9 Å². The van der Waals surface area contributed by atoms with Gasteiger partial charge in [-0.1, -0.05) is 11.6 Å². The maximum absolute atomic E-state index is 12.4. The third kappa shape index (κ3) is 2.55. The lowest BCUT2D eigenvalue weighted by molar-refractivity contribution is -0.739. The first-order valence-electron chi connectivity index (χ1n) is 7.19. The molecule has 0 atom stereocenters. The maximum Gasteiger partial charge on any atom is 0.320 e. The van der Waals surface area contributed by atoms with E-state index in [2.05, 4.69) is 22.2 Å². The lowest BCUT2D eigenvalue weighted by Crippen LogP contribution is -2.27. The average molecular weight is 331 g/mol. The van der Waals surface area contributed by atoms with Crippen molar-refractivity contribution in [2.45, 2.75) is 27.2 Å². The molecule has 7 nitrogen and oxygen atoms in total. The molecular weight excluding hydrogens is 314 g/mol. The number of aryl methyl sites for hydroxylation is 3. The van der Waals surface area contributed by atoms with Crippen LogP contribution in [-0.2, 0) is 13.5 Å². The number of aliphatic imine (C=N–C) groups is 1. The molecule has 120 valence electrons. The number of hydrogen-bond acceptors (Lipinski definition) is 7. The van der Waals surface area contributed by atoms with Gasteiger partial charge in [-0.25, -0.2) is 9.98 Å². The standard InChI is InChI=1S/C15H17N5O2S/c1-5-9-7(2)11-12(16)13(23-15(11)17-8(9)3)14(21)18-10-6-20(4)19-22-10/h6H,5H2,1-4H3,(H2-,16,18,19,21). The van der Waals surface area contributed by atoms with Crippen molar-refractivity contribution < 1.29 is 14.3 Å². The summed E-state index contributed by atoms with van der Waals surface area (Å²) in [4.78, 5) is 9.64. The molecule has 3 rings (SSSR count). The molecule has 0 amide bonds. The molecule has 0 aliphatic rings. The Labute approximate surface area is 137 Å². The van der Waals surface area contributed by atoms with E-state index < -0.39 is 5.90 Å². The summed E-state index contributed by atoms with van der Waals surface area (Å²) in [6.45, 7) is 6.07. The molecule has 0 fully saturated rings. The van der Waals surface area contributed by atoms with Gasteiger partial charge in [0.15, 0.2) is 12.3 Å².